The zero-order chi connectivity index (χ0) is 7.98. The summed E-state index contributed by atoms with van der Waals surface area (Å²) < 4.78 is 0. The van der Waals surface area contributed by atoms with Gasteiger partial charge in [0, 0.05) is 17.4 Å². The normalized spacial score (nSPS) is 11.7. The fraction of sp³-hybridized carbons (Fsp3) is 0.800. The van der Waals surface area contributed by atoms with Gasteiger partial charge in [0.25, 0.3) is 0 Å². The van der Waals surface area contributed by atoms with E-state index in [1.165, 1.54) is 0 Å². The lowest BCUT2D eigenvalue weighted by Gasteiger charge is -1.98. The van der Waals surface area contributed by atoms with Crippen LogP contribution < -0.4 is 0 Å². The molecule has 0 spiro atoms. The zero-order valence-corrected chi connectivity index (χ0v) is 5.69. The van der Waals surface area contributed by atoms with Gasteiger partial charge in [-0.05, 0) is 12.0 Å². The fourth-order valence-electron chi connectivity index (χ4n) is 0.478. The van der Waals surface area contributed by atoms with Crippen molar-refractivity contribution in [3.05, 3.63) is 10.4 Å². The van der Waals surface area contributed by atoms with Crippen LogP contribution in [0, 0.1) is 0 Å². The van der Waals surface area contributed by atoms with Crippen LogP contribution in [0.2, 0.25) is 0 Å². The third-order valence-electron chi connectivity index (χ3n) is 1.02. The summed E-state index contributed by atoms with van der Waals surface area (Å²) in [5, 5.41) is 11.5. The van der Waals surface area contributed by atoms with Crippen LogP contribution in [0.15, 0.2) is 5.11 Å². The number of azide groups is 1. The quantitative estimate of drug-likeness (QED) is 0.367. The van der Waals surface area contributed by atoms with E-state index in [9.17, 15) is 4.79 Å². The molecule has 0 rings (SSSR count). The van der Waals surface area contributed by atoms with Crippen LogP contribution in [-0.4, -0.2) is 17.1 Å². The highest BCUT2D eigenvalue weighted by molar-refractivity contribution is 5.66. The van der Waals surface area contributed by atoms with E-state index >= 15 is 0 Å². The molecule has 5 heteroatoms. The molecular weight excluding hydrogens is 134 g/mol. The van der Waals surface area contributed by atoms with Gasteiger partial charge in [-0.2, -0.15) is 0 Å². The maximum absolute atomic E-state index is 9.97. The molecular formula is C5H9N3O2. The molecule has 0 heterocycles. The van der Waals surface area contributed by atoms with Crippen molar-refractivity contribution in [1.82, 2.24) is 0 Å². The molecule has 1 N–H and O–H groups in total. The van der Waals surface area contributed by atoms with Crippen molar-refractivity contribution in [1.29, 1.82) is 0 Å². The zero-order valence-electron chi connectivity index (χ0n) is 5.69. The summed E-state index contributed by atoms with van der Waals surface area (Å²) in [4.78, 5) is 12.5. The number of nitrogens with zero attached hydrogens (tertiary/aromatic N) is 3. The topological polar surface area (TPSA) is 86.1 Å². The van der Waals surface area contributed by atoms with Gasteiger partial charge < -0.3 is 5.11 Å². The average Bonchev–Trinajstić information content (AvgIpc) is 1.85. The Morgan fingerprint density at radius 1 is 1.90 bits per heavy atom. The Morgan fingerprint density at radius 2 is 2.50 bits per heavy atom. The van der Waals surface area contributed by atoms with E-state index in [4.69, 9.17) is 10.6 Å². The molecule has 0 aliphatic heterocycles. The summed E-state index contributed by atoms with van der Waals surface area (Å²) >= 11 is 0. The first-order valence-corrected chi connectivity index (χ1v) is 2.93. The standard InChI is InChI=1S/C5H9N3O2/c1-4(7-8-6)2-3-5(9)10/h4H,2-3H2,1H3,(H,9,10). The number of hydrogen-bond acceptors (Lipinski definition) is 2. The lowest BCUT2D eigenvalue weighted by atomic mass is 10.2. The van der Waals surface area contributed by atoms with Crippen LogP contribution in [0.25, 0.3) is 10.4 Å². The fourth-order valence-corrected chi connectivity index (χ4v) is 0.478. The molecule has 0 aromatic carbocycles. The molecule has 56 valence electrons. The molecule has 0 amide bonds. The molecule has 0 aliphatic rings. The Morgan fingerprint density at radius 3 is 2.90 bits per heavy atom. The van der Waals surface area contributed by atoms with Gasteiger partial charge in [0.1, 0.15) is 0 Å². The molecule has 0 aromatic rings. The van der Waals surface area contributed by atoms with Gasteiger partial charge in [0.2, 0.25) is 0 Å². The minimum atomic E-state index is -0.861. The highest BCUT2D eigenvalue weighted by Gasteiger charge is 2.01. The number of rotatable bonds is 4. The summed E-state index contributed by atoms with van der Waals surface area (Å²) in [6.07, 6.45) is 0.458. The first kappa shape index (κ1) is 8.78. The first-order chi connectivity index (χ1) is 4.66. The first-order valence-electron chi connectivity index (χ1n) is 2.93. The molecule has 0 fully saturated rings. The molecule has 0 saturated heterocycles. The van der Waals surface area contributed by atoms with Gasteiger partial charge in [0.15, 0.2) is 0 Å². The monoisotopic (exact) mass is 143 g/mol. The van der Waals surface area contributed by atoms with Crippen LogP contribution in [0.5, 0.6) is 0 Å². The maximum Gasteiger partial charge on any atom is 0.303 e. The van der Waals surface area contributed by atoms with E-state index in [0.717, 1.165) is 0 Å². The second kappa shape index (κ2) is 4.64. The summed E-state index contributed by atoms with van der Waals surface area (Å²) in [7, 11) is 0. The molecule has 0 bridgehead atoms. The van der Waals surface area contributed by atoms with Crippen molar-refractivity contribution in [2.45, 2.75) is 25.8 Å². The third-order valence-corrected chi connectivity index (χ3v) is 1.02. The van der Waals surface area contributed by atoms with Gasteiger partial charge in [-0.1, -0.05) is 12.0 Å². The third kappa shape index (κ3) is 4.93. The summed E-state index contributed by atoms with van der Waals surface area (Å²) in [6, 6.07) is -0.221. The maximum atomic E-state index is 9.97. The van der Waals surface area contributed by atoms with Crippen molar-refractivity contribution >= 4 is 5.97 Å². The molecule has 0 aromatic heterocycles. The highest BCUT2D eigenvalue weighted by atomic mass is 16.4. The molecule has 1 atom stereocenters. The largest absolute Gasteiger partial charge is 0.481 e. The molecule has 5 nitrogen and oxygen atoms in total. The van der Waals surface area contributed by atoms with Crippen molar-refractivity contribution in [3.8, 4) is 0 Å². The predicted molar refractivity (Wildman–Crippen MR) is 35.5 cm³/mol. The smallest absolute Gasteiger partial charge is 0.303 e. The van der Waals surface area contributed by atoms with E-state index in [1.807, 2.05) is 0 Å². The van der Waals surface area contributed by atoms with Crippen LogP contribution in [0.1, 0.15) is 19.8 Å². The number of carboxylic acid groups (broad SMARTS) is 1. The highest BCUT2D eigenvalue weighted by Crippen LogP contribution is 2.00. The Labute approximate surface area is 58.3 Å². The van der Waals surface area contributed by atoms with Gasteiger partial charge in [-0.3, -0.25) is 4.79 Å². The van der Waals surface area contributed by atoms with Crippen LogP contribution >= 0.6 is 0 Å². The number of carbonyl (C=O) groups is 1. The van der Waals surface area contributed by atoms with Gasteiger partial charge in [-0.25, -0.2) is 0 Å². The molecule has 0 saturated carbocycles. The summed E-state index contributed by atoms with van der Waals surface area (Å²) in [5.74, 6) is -0.861. The van der Waals surface area contributed by atoms with E-state index in [-0.39, 0.29) is 12.5 Å². The molecule has 0 aliphatic carbocycles. The lowest BCUT2D eigenvalue weighted by molar-refractivity contribution is -0.137. The second-order valence-electron chi connectivity index (χ2n) is 1.99. The Hall–Kier alpha value is -1.22. The van der Waals surface area contributed by atoms with Gasteiger partial charge >= 0.3 is 5.97 Å². The Balaban J connectivity index is 3.48. The minimum Gasteiger partial charge on any atom is -0.481 e. The number of carboxylic acids is 1. The summed E-state index contributed by atoms with van der Waals surface area (Å²) in [5.41, 5.74) is 7.91. The van der Waals surface area contributed by atoms with E-state index in [2.05, 4.69) is 10.0 Å². The molecule has 1 unspecified atom stereocenters. The molecule has 0 radical (unpaired) electrons. The van der Waals surface area contributed by atoms with Crippen molar-refractivity contribution in [2.24, 2.45) is 5.11 Å². The van der Waals surface area contributed by atoms with Crippen molar-refractivity contribution in [2.75, 3.05) is 0 Å². The summed E-state index contributed by atoms with van der Waals surface area (Å²) in [6.45, 7) is 1.68. The van der Waals surface area contributed by atoms with E-state index in [1.54, 1.807) is 6.92 Å². The van der Waals surface area contributed by atoms with E-state index in [0.29, 0.717) is 6.42 Å². The van der Waals surface area contributed by atoms with Crippen LogP contribution in [0.3, 0.4) is 0 Å². The second-order valence-corrected chi connectivity index (χ2v) is 1.99. The van der Waals surface area contributed by atoms with Gasteiger partial charge in [-0.15, -0.1) is 0 Å². The SMILES string of the molecule is CC(CCC(=O)O)N=[N+]=[N-]. The van der Waals surface area contributed by atoms with Crippen molar-refractivity contribution in [3.63, 3.8) is 0 Å². The van der Waals surface area contributed by atoms with E-state index < -0.39 is 5.97 Å². The molecule has 10 heavy (non-hydrogen) atoms. The minimum absolute atomic E-state index is 0.0557. The lowest BCUT2D eigenvalue weighted by Crippen LogP contribution is -2.01. The average molecular weight is 143 g/mol. The van der Waals surface area contributed by atoms with Crippen LogP contribution in [0.4, 0.5) is 0 Å². The number of hydrogen-bond donors (Lipinski definition) is 1. The Bertz CT molecular complexity index is 162. The van der Waals surface area contributed by atoms with Crippen LogP contribution in [-0.2, 0) is 4.79 Å². The van der Waals surface area contributed by atoms with Crippen molar-refractivity contribution < 1.29 is 9.90 Å². The number of aliphatic carboxylic acids is 1. The Kier molecular flexibility index (Phi) is 4.07. The predicted octanol–water partition coefficient (Wildman–Crippen LogP) is 1.55. The van der Waals surface area contributed by atoms with Gasteiger partial charge in [0.05, 0.1) is 0 Å².